The lowest BCUT2D eigenvalue weighted by atomic mass is 10.1. The molecule has 1 amide bonds. The highest BCUT2D eigenvalue weighted by molar-refractivity contribution is 7.91. The zero-order valence-electron chi connectivity index (χ0n) is 9.61. The van der Waals surface area contributed by atoms with E-state index in [2.05, 4.69) is 15.5 Å². The summed E-state index contributed by atoms with van der Waals surface area (Å²) < 4.78 is 22.4. The minimum atomic E-state index is -3.04. The topological polar surface area (TPSA) is 88.5 Å². The quantitative estimate of drug-likeness (QED) is 0.615. The summed E-state index contributed by atoms with van der Waals surface area (Å²) in [6.45, 7) is 0. The fourth-order valence-electron chi connectivity index (χ4n) is 1.72. The normalized spacial score (nSPS) is 22.1. The van der Waals surface area contributed by atoms with E-state index in [4.69, 9.17) is 0 Å². The number of carbonyl (C=O) groups excluding carboxylic acids is 1. The Labute approximate surface area is 105 Å². The van der Waals surface area contributed by atoms with Gasteiger partial charge in [0.1, 0.15) is 0 Å². The molecule has 1 fully saturated rings. The number of hydrogen-bond acceptors (Lipinski definition) is 5. The highest BCUT2D eigenvalue weighted by atomic mass is 32.2. The summed E-state index contributed by atoms with van der Waals surface area (Å²) in [5.41, 5.74) is 3.11. The molecule has 7 heteroatoms. The number of hydrogen-bond donors (Lipinski definition) is 1. The van der Waals surface area contributed by atoms with Crippen LogP contribution in [-0.4, -0.2) is 37.0 Å². The molecule has 0 aliphatic carbocycles. The third kappa shape index (κ3) is 3.36. The Kier molecular flexibility index (Phi) is 3.71. The van der Waals surface area contributed by atoms with E-state index in [9.17, 15) is 13.2 Å². The SMILES string of the molecule is O=C(N/N=C\c1cccnc1)[C@H]1CCS(=O)(=O)C1. The molecule has 0 aromatic carbocycles. The fraction of sp³-hybridized carbons (Fsp3) is 0.364. The molecule has 1 aliphatic heterocycles. The molecule has 2 rings (SSSR count). The van der Waals surface area contributed by atoms with E-state index in [1.54, 1.807) is 24.5 Å². The molecule has 6 nitrogen and oxygen atoms in total. The number of amides is 1. The Hall–Kier alpha value is -1.76. The van der Waals surface area contributed by atoms with E-state index in [0.717, 1.165) is 5.56 Å². The maximum absolute atomic E-state index is 11.6. The van der Waals surface area contributed by atoms with Crippen LogP contribution >= 0.6 is 0 Å². The van der Waals surface area contributed by atoms with Crippen molar-refractivity contribution in [3.63, 3.8) is 0 Å². The maximum Gasteiger partial charge on any atom is 0.244 e. The lowest BCUT2D eigenvalue weighted by molar-refractivity contribution is -0.124. The van der Waals surface area contributed by atoms with Crippen molar-refractivity contribution in [3.05, 3.63) is 30.1 Å². The van der Waals surface area contributed by atoms with E-state index in [0.29, 0.717) is 6.42 Å². The van der Waals surface area contributed by atoms with Gasteiger partial charge in [-0.2, -0.15) is 5.10 Å². The molecule has 1 N–H and O–H groups in total. The van der Waals surface area contributed by atoms with Crippen molar-refractivity contribution >= 4 is 22.0 Å². The number of aromatic nitrogens is 1. The largest absolute Gasteiger partial charge is 0.273 e. The van der Waals surface area contributed by atoms with Crippen LogP contribution in [0.4, 0.5) is 0 Å². The van der Waals surface area contributed by atoms with Gasteiger partial charge in [0.25, 0.3) is 0 Å². The summed E-state index contributed by atoms with van der Waals surface area (Å²) in [4.78, 5) is 15.5. The van der Waals surface area contributed by atoms with E-state index >= 15 is 0 Å². The Bertz CT molecular complexity index is 554. The molecule has 1 aromatic heterocycles. The number of nitrogens with zero attached hydrogens (tertiary/aromatic N) is 2. The van der Waals surface area contributed by atoms with Crippen LogP contribution in [0.15, 0.2) is 29.6 Å². The number of rotatable bonds is 3. The summed E-state index contributed by atoms with van der Waals surface area (Å²) in [5, 5.41) is 3.77. The molecule has 0 saturated carbocycles. The molecule has 0 bridgehead atoms. The monoisotopic (exact) mass is 267 g/mol. The summed E-state index contributed by atoms with van der Waals surface area (Å²) in [6.07, 6.45) is 5.08. The third-order valence-corrected chi connectivity index (χ3v) is 4.44. The van der Waals surface area contributed by atoms with Gasteiger partial charge in [-0.1, -0.05) is 6.07 Å². The standard InChI is InChI=1S/C11H13N3O3S/c15-11(10-3-5-18(16,17)8-10)14-13-7-9-2-1-4-12-6-9/h1-2,4,6-7,10H,3,5,8H2,(H,14,15)/b13-7-/t10-/m0/s1. The van der Waals surface area contributed by atoms with Gasteiger partial charge >= 0.3 is 0 Å². The van der Waals surface area contributed by atoms with Crippen LogP contribution in [0.25, 0.3) is 0 Å². The van der Waals surface area contributed by atoms with Gasteiger partial charge < -0.3 is 0 Å². The predicted molar refractivity (Wildman–Crippen MR) is 66.7 cm³/mol. The van der Waals surface area contributed by atoms with Crippen molar-refractivity contribution in [3.8, 4) is 0 Å². The van der Waals surface area contributed by atoms with Crippen LogP contribution in [0.3, 0.4) is 0 Å². The fourth-order valence-corrected chi connectivity index (χ4v) is 3.46. The molecule has 18 heavy (non-hydrogen) atoms. The van der Waals surface area contributed by atoms with Gasteiger partial charge in [0, 0.05) is 18.0 Å². The molecule has 96 valence electrons. The number of pyridine rings is 1. The molecular formula is C11H13N3O3S. The Morgan fingerprint density at radius 2 is 2.39 bits per heavy atom. The molecular weight excluding hydrogens is 254 g/mol. The highest BCUT2D eigenvalue weighted by Crippen LogP contribution is 2.18. The summed E-state index contributed by atoms with van der Waals surface area (Å²) >= 11 is 0. The lowest BCUT2D eigenvalue weighted by Crippen LogP contribution is -2.27. The van der Waals surface area contributed by atoms with E-state index in [1.165, 1.54) is 6.21 Å². The first-order valence-corrected chi connectivity index (χ1v) is 7.32. The Balaban J connectivity index is 1.88. The van der Waals surface area contributed by atoms with E-state index < -0.39 is 15.8 Å². The number of sulfone groups is 1. The Morgan fingerprint density at radius 3 is 3.00 bits per heavy atom. The van der Waals surface area contributed by atoms with Crippen LogP contribution in [-0.2, 0) is 14.6 Å². The first-order valence-electron chi connectivity index (χ1n) is 5.50. The van der Waals surface area contributed by atoms with Crippen molar-refractivity contribution in [1.82, 2.24) is 10.4 Å². The minimum absolute atomic E-state index is 0.0808. The molecule has 1 aliphatic rings. The Morgan fingerprint density at radius 1 is 1.56 bits per heavy atom. The molecule has 0 radical (unpaired) electrons. The molecule has 2 heterocycles. The zero-order chi connectivity index (χ0) is 13.0. The van der Waals surface area contributed by atoms with Gasteiger partial charge in [-0.15, -0.1) is 0 Å². The highest BCUT2D eigenvalue weighted by Gasteiger charge is 2.32. The molecule has 1 saturated heterocycles. The van der Waals surface area contributed by atoms with Crippen molar-refractivity contribution in [2.75, 3.05) is 11.5 Å². The van der Waals surface area contributed by atoms with Crippen LogP contribution in [0.2, 0.25) is 0 Å². The van der Waals surface area contributed by atoms with Gasteiger partial charge in [0.2, 0.25) is 5.91 Å². The molecule has 1 aromatic rings. The van der Waals surface area contributed by atoms with Crippen LogP contribution in [0.5, 0.6) is 0 Å². The van der Waals surface area contributed by atoms with Gasteiger partial charge in [0.15, 0.2) is 9.84 Å². The van der Waals surface area contributed by atoms with Crippen molar-refractivity contribution in [1.29, 1.82) is 0 Å². The average Bonchev–Trinajstić information content (AvgIpc) is 2.71. The smallest absolute Gasteiger partial charge is 0.244 e. The summed E-state index contributed by atoms with van der Waals surface area (Å²) in [6, 6.07) is 3.55. The molecule has 0 spiro atoms. The predicted octanol–water partition coefficient (Wildman–Crippen LogP) is -0.0336. The van der Waals surface area contributed by atoms with Gasteiger partial charge in [-0.3, -0.25) is 9.78 Å². The first kappa shape index (κ1) is 12.7. The second-order valence-electron chi connectivity index (χ2n) is 4.12. The minimum Gasteiger partial charge on any atom is -0.273 e. The van der Waals surface area contributed by atoms with Crippen molar-refractivity contribution in [2.24, 2.45) is 11.0 Å². The number of nitrogens with one attached hydrogen (secondary N) is 1. The summed E-state index contributed by atoms with van der Waals surface area (Å²) in [7, 11) is -3.04. The second kappa shape index (κ2) is 5.26. The average molecular weight is 267 g/mol. The molecule has 1 atom stereocenters. The third-order valence-electron chi connectivity index (χ3n) is 2.68. The lowest BCUT2D eigenvalue weighted by Gasteiger charge is -2.04. The summed E-state index contributed by atoms with van der Waals surface area (Å²) in [5.74, 6) is -0.837. The number of carbonyl (C=O) groups is 1. The first-order chi connectivity index (χ1) is 8.57. The van der Waals surface area contributed by atoms with Crippen LogP contribution in [0, 0.1) is 5.92 Å². The van der Waals surface area contributed by atoms with E-state index in [1.807, 2.05) is 0 Å². The van der Waals surface area contributed by atoms with Crippen LogP contribution in [0.1, 0.15) is 12.0 Å². The van der Waals surface area contributed by atoms with Gasteiger partial charge in [-0.05, 0) is 12.5 Å². The van der Waals surface area contributed by atoms with E-state index in [-0.39, 0.29) is 17.4 Å². The van der Waals surface area contributed by atoms with Crippen LogP contribution < -0.4 is 5.43 Å². The van der Waals surface area contributed by atoms with Crippen molar-refractivity contribution < 1.29 is 13.2 Å². The van der Waals surface area contributed by atoms with Crippen molar-refractivity contribution in [2.45, 2.75) is 6.42 Å². The maximum atomic E-state index is 11.6. The molecule has 0 unspecified atom stereocenters. The van der Waals surface area contributed by atoms with Gasteiger partial charge in [0.05, 0.1) is 23.6 Å². The second-order valence-corrected chi connectivity index (χ2v) is 6.35. The van der Waals surface area contributed by atoms with Gasteiger partial charge in [-0.25, -0.2) is 13.8 Å². The number of hydrazone groups is 1. The zero-order valence-corrected chi connectivity index (χ0v) is 10.4.